The van der Waals surface area contributed by atoms with Crippen molar-refractivity contribution in [3.8, 4) is 0 Å². The van der Waals surface area contributed by atoms with Gasteiger partial charge in [0.1, 0.15) is 12.1 Å². The fraction of sp³-hybridized carbons (Fsp3) is 0.286. The minimum absolute atomic E-state index is 0. The molecule has 8 heteroatoms. The topological polar surface area (TPSA) is 105 Å². The maximum atomic E-state index is 13.0. The highest BCUT2D eigenvalue weighted by Gasteiger charge is 2.55. The third-order valence-corrected chi connectivity index (χ3v) is 5.44. The number of amides is 4. The Hall–Kier alpha value is -3.06. The number of carbonyl (C=O) groups is 3. The molecule has 1 aliphatic carbocycles. The van der Waals surface area contributed by atoms with Gasteiger partial charge in [-0.05, 0) is 48.1 Å². The lowest BCUT2D eigenvalue weighted by molar-refractivity contribution is -0.135. The van der Waals surface area contributed by atoms with Crippen molar-refractivity contribution in [2.75, 3.05) is 18.8 Å². The zero-order valence-electron chi connectivity index (χ0n) is 15.8. The molecule has 2 aromatic carbocycles. The van der Waals surface area contributed by atoms with Crippen LogP contribution in [-0.4, -0.2) is 35.8 Å². The van der Waals surface area contributed by atoms with Gasteiger partial charge in [-0.2, -0.15) is 0 Å². The third kappa shape index (κ3) is 3.78. The predicted octanol–water partition coefficient (Wildman–Crippen LogP) is 1.74. The van der Waals surface area contributed by atoms with Gasteiger partial charge < -0.3 is 16.4 Å². The fourth-order valence-corrected chi connectivity index (χ4v) is 3.96. The minimum Gasteiger partial charge on any atom is -0.399 e. The van der Waals surface area contributed by atoms with Crippen molar-refractivity contribution in [2.24, 2.45) is 0 Å². The Morgan fingerprint density at radius 2 is 1.86 bits per heavy atom. The van der Waals surface area contributed by atoms with Gasteiger partial charge in [-0.25, -0.2) is 4.79 Å². The number of nitrogens with one attached hydrogen (secondary N) is 2. The van der Waals surface area contributed by atoms with Crippen LogP contribution in [0.1, 0.15) is 23.1 Å². The number of hydrogen-bond acceptors (Lipinski definition) is 4. The number of nitrogen functional groups attached to an aromatic ring is 1. The Morgan fingerprint density at radius 1 is 1.14 bits per heavy atom. The molecule has 2 aromatic rings. The summed E-state index contributed by atoms with van der Waals surface area (Å²) in [6.45, 7) is 0.136. The maximum absolute atomic E-state index is 13.0. The summed E-state index contributed by atoms with van der Waals surface area (Å²) >= 11 is 0. The number of nitrogens with two attached hydrogens (primary N) is 1. The Kier molecular flexibility index (Phi) is 5.79. The molecule has 1 atom stereocenters. The normalized spacial score (nSPS) is 19.7. The molecular weight excluding hydrogens is 392 g/mol. The molecule has 152 valence electrons. The van der Waals surface area contributed by atoms with Crippen LogP contribution in [0, 0.1) is 0 Å². The largest absolute Gasteiger partial charge is 0.399 e. The van der Waals surface area contributed by atoms with Crippen LogP contribution in [-0.2, 0) is 28.0 Å². The van der Waals surface area contributed by atoms with Crippen LogP contribution in [0.3, 0.4) is 0 Å². The molecule has 4 amide bonds. The van der Waals surface area contributed by atoms with Gasteiger partial charge in [-0.3, -0.25) is 14.5 Å². The molecule has 2 aliphatic rings. The number of rotatable bonds is 5. The smallest absolute Gasteiger partial charge is 0.325 e. The summed E-state index contributed by atoms with van der Waals surface area (Å²) in [5, 5.41) is 5.59. The first-order valence-corrected chi connectivity index (χ1v) is 9.33. The van der Waals surface area contributed by atoms with E-state index in [1.165, 1.54) is 0 Å². The first-order chi connectivity index (χ1) is 13.5. The van der Waals surface area contributed by atoms with Gasteiger partial charge in [-0.1, -0.05) is 36.4 Å². The predicted molar refractivity (Wildman–Crippen MR) is 112 cm³/mol. The molecule has 0 bridgehead atoms. The van der Waals surface area contributed by atoms with E-state index in [9.17, 15) is 14.4 Å². The van der Waals surface area contributed by atoms with Crippen molar-refractivity contribution in [2.45, 2.75) is 24.8 Å². The average Bonchev–Trinajstić information content (AvgIpc) is 3.17. The summed E-state index contributed by atoms with van der Waals surface area (Å²) in [6, 6.07) is 14.5. The van der Waals surface area contributed by atoms with Crippen LogP contribution in [0.25, 0.3) is 0 Å². The lowest BCUT2D eigenvalue weighted by atomic mass is 9.92. The lowest BCUT2D eigenvalue weighted by Crippen LogP contribution is -2.44. The second-order valence-corrected chi connectivity index (χ2v) is 7.23. The summed E-state index contributed by atoms with van der Waals surface area (Å²) in [5.41, 5.74) is 8.26. The van der Waals surface area contributed by atoms with Gasteiger partial charge in [0.15, 0.2) is 0 Å². The molecule has 4 rings (SSSR count). The molecule has 1 spiro atoms. The highest BCUT2D eigenvalue weighted by molar-refractivity contribution is 6.09. The Balaban J connectivity index is 0.00000240. The van der Waals surface area contributed by atoms with E-state index >= 15 is 0 Å². The number of benzene rings is 2. The van der Waals surface area contributed by atoms with Gasteiger partial charge >= 0.3 is 6.03 Å². The highest BCUT2D eigenvalue weighted by atomic mass is 35.5. The van der Waals surface area contributed by atoms with Crippen molar-refractivity contribution in [3.63, 3.8) is 0 Å². The average molecular weight is 415 g/mol. The summed E-state index contributed by atoms with van der Waals surface area (Å²) < 4.78 is 0. The van der Waals surface area contributed by atoms with Crippen molar-refractivity contribution in [1.29, 1.82) is 0 Å². The monoisotopic (exact) mass is 414 g/mol. The minimum atomic E-state index is -1.03. The Bertz CT molecular complexity index is 947. The standard InChI is InChI=1S/C21H22N4O3.ClH/c22-16-7-5-14(6-8-16)10-12-23-18(26)13-25-19(27)21(24-20(25)28)11-9-15-3-1-2-4-17(15)21;/h1-8H,9-13,22H2,(H,23,26)(H,24,28);1H. The molecule has 1 aliphatic heterocycles. The van der Waals surface area contributed by atoms with Gasteiger partial charge in [0, 0.05) is 12.2 Å². The molecule has 7 nitrogen and oxygen atoms in total. The van der Waals surface area contributed by atoms with E-state index in [0.717, 1.165) is 28.0 Å². The van der Waals surface area contributed by atoms with E-state index < -0.39 is 11.6 Å². The number of imide groups is 1. The van der Waals surface area contributed by atoms with Crippen molar-refractivity contribution < 1.29 is 14.4 Å². The molecule has 0 aromatic heterocycles. The number of aryl methyl sites for hydroxylation is 1. The molecule has 4 N–H and O–H groups in total. The number of carbonyl (C=O) groups excluding carboxylic acids is 3. The third-order valence-electron chi connectivity index (χ3n) is 5.44. The van der Waals surface area contributed by atoms with Crippen LogP contribution in [0.5, 0.6) is 0 Å². The summed E-state index contributed by atoms with van der Waals surface area (Å²) in [6.07, 6.45) is 1.89. The van der Waals surface area contributed by atoms with E-state index in [-0.39, 0.29) is 30.8 Å². The van der Waals surface area contributed by atoms with Crippen LogP contribution in [0.15, 0.2) is 48.5 Å². The van der Waals surface area contributed by atoms with Gasteiger partial charge in [0.2, 0.25) is 5.91 Å². The van der Waals surface area contributed by atoms with Crippen molar-refractivity contribution in [1.82, 2.24) is 15.5 Å². The number of halogens is 1. The van der Waals surface area contributed by atoms with Crippen LogP contribution < -0.4 is 16.4 Å². The number of fused-ring (bicyclic) bond motifs is 2. The molecular formula is C21H23ClN4O3. The zero-order chi connectivity index (χ0) is 19.7. The molecule has 1 unspecified atom stereocenters. The SMILES string of the molecule is Cl.Nc1ccc(CCNC(=O)CN2C(=O)NC3(CCc4ccccc43)C2=O)cc1. The Labute approximate surface area is 175 Å². The first kappa shape index (κ1) is 20.7. The first-order valence-electron chi connectivity index (χ1n) is 9.33. The maximum Gasteiger partial charge on any atom is 0.325 e. The quantitative estimate of drug-likeness (QED) is 0.512. The lowest BCUT2D eigenvalue weighted by Gasteiger charge is -2.22. The number of nitrogens with zero attached hydrogens (tertiary/aromatic N) is 1. The molecule has 0 saturated carbocycles. The Morgan fingerprint density at radius 3 is 2.62 bits per heavy atom. The van der Waals surface area contributed by atoms with Gasteiger partial charge in [0.05, 0.1) is 0 Å². The second kappa shape index (κ2) is 8.13. The molecule has 0 radical (unpaired) electrons. The van der Waals surface area contributed by atoms with E-state index in [4.69, 9.17) is 5.73 Å². The van der Waals surface area contributed by atoms with Crippen molar-refractivity contribution >= 4 is 35.9 Å². The number of urea groups is 1. The number of anilines is 1. The van der Waals surface area contributed by atoms with Gasteiger partial charge in [0.25, 0.3) is 5.91 Å². The number of hydrogen-bond donors (Lipinski definition) is 3. The van der Waals surface area contributed by atoms with E-state index in [0.29, 0.717) is 25.1 Å². The molecule has 1 saturated heterocycles. The van der Waals surface area contributed by atoms with E-state index in [1.807, 2.05) is 48.5 Å². The van der Waals surface area contributed by atoms with Gasteiger partial charge in [-0.15, -0.1) is 12.4 Å². The van der Waals surface area contributed by atoms with Crippen LogP contribution in [0.2, 0.25) is 0 Å². The van der Waals surface area contributed by atoms with Crippen LogP contribution >= 0.6 is 12.4 Å². The summed E-state index contributed by atoms with van der Waals surface area (Å²) in [7, 11) is 0. The van der Waals surface area contributed by atoms with E-state index in [2.05, 4.69) is 10.6 Å². The summed E-state index contributed by atoms with van der Waals surface area (Å²) in [4.78, 5) is 38.7. The molecule has 1 heterocycles. The molecule has 1 fully saturated rings. The fourth-order valence-electron chi connectivity index (χ4n) is 3.96. The molecule has 29 heavy (non-hydrogen) atoms. The van der Waals surface area contributed by atoms with Crippen molar-refractivity contribution in [3.05, 3.63) is 65.2 Å². The van der Waals surface area contributed by atoms with E-state index in [1.54, 1.807) is 0 Å². The zero-order valence-corrected chi connectivity index (χ0v) is 16.6. The highest BCUT2D eigenvalue weighted by Crippen LogP contribution is 2.41. The van der Waals surface area contributed by atoms with Crippen LogP contribution in [0.4, 0.5) is 10.5 Å². The second-order valence-electron chi connectivity index (χ2n) is 7.23. The summed E-state index contributed by atoms with van der Waals surface area (Å²) in [5.74, 6) is -0.710.